The summed E-state index contributed by atoms with van der Waals surface area (Å²) in [6.45, 7) is 10.1. The highest BCUT2D eigenvalue weighted by molar-refractivity contribution is 6.23. The first-order chi connectivity index (χ1) is 13.2. The Balaban J connectivity index is 2.44. The molecule has 1 N–H and O–H groups in total. The van der Waals surface area contributed by atoms with Gasteiger partial charge < -0.3 is 10.0 Å². The van der Waals surface area contributed by atoms with Crippen LogP contribution in [-0.4, -0.2) is 39.8 Å². The third kappa shape index (κ3) is 4.79. The van der Waals surface area contributed by atoms with Crippen molar-refractivity contribution in [2.24, 2.45) is 5.92 Å². The van der Waals surface area contributed by atoms with Gasteiger partial charge in [0.05, 0.1) is 11.6 Å². The van der Waals surface area contributed by atoms with Crippen LogP contribution in [0.15, 0.2) is 53.8 Å². The molecule has 1 aliphatic heterocycles. The third-order valence-electron chi connectivity index (χ3n) is 5.61. The second-order valence-electron chi connectivity index (χ2n) is 7.97. The molecule has 3 atom stereocenters. The minimum Gasteiger partial charge on any atom is -0.379 e. The maximum absolute atomic E-state index is 12.9. The van der Waals surface area contributed by atoms with E-state index in [2.05, 4.69) is 32.1 Å². The lowest BCUT2D eigenvalue weighted by Gasteiger charge is -2.44. The van der Waals surface area contributed by atoms with Crippen molar-refractivity contribution in [1.82, 2.24) is 4.90 Å². The molecule has 0 aliphatic carbocycles. The van der Waals surface area contributed by atoms with Crippen molar-refractivity contribution in [2.45, 2.75) is 65.5 Å². The first-order valence-electron chi connectivity index (χ1n) is 10.2. The molecule has 0 aromatic heterocycles. The molecule has 1 aromatic carbocycles. The standard InChI is InChI=1S/C24H33NO3/c1-6-17(3)15-18(4)22-24(5,28)23(27)20(21(26)7-2)16-25(22)14-13-19-11-9-8-10-12-19/h8-12,15-17,22,28H,6-7,13-14H2,1-5H3. The number of aliphatic hydroxyl groups is 1. The zero-order chi connectivity index (χ0) is 20.9. The normalized spacial score (nSPS) is 24.1. The molecule has 0 saturated carbocycles. The van der Waals surface area contributed by atoms with E-state index in [1.807, 2.05) is 30.0 Å². The minimum atomic E-state index is -1.64. The van der Waals surface area contributed by atoms with Gasteiger partial charge in [0.1, 0.15) is 5.60 Å². The van der Waals surface area contributed by atoms with Crippen molar-refractivity contribution in [2.75, 3.05) is 6.54 Å². The summed E-state index contributed by atoms with van der Waals surface area (Å²) in [5, 5.41) is 11.2. The zero-order valence-electron chi connectivity index (χ0n) is 17.7. The molecular weight excluding hydrogens is 350 g/mol. The van der Waals surface area contributed by atoms with Crippen LogP contribution in [0.3, 0.4) is 0 Å². The molecule has 0 fully saturated rings. The molecule has 4 heteroatoms. The SMILES string of the molecule is CCC(=O)C1=CN(CCc2ccccc2)C(C(C)=CC(C)CC)C(C)(O)C1=O. The number of hydrogen-bond acceptors (Lipinski definition) is 4. The molecule has 3 unspecified atom stereocenters. The van der Waals surface area contributed by atoms with Crippen LogP contribution in [0.5, 0.6) is 0 Å². The van der Waals surface area contributed by atoms with E-state index in [0.29, 0.717) is 12.5 Å². The Morgan fingerprint density at radius 3 is 2.50 bits per heavy atom. The number of Topliss-reactive ketones (excluding diaryl/α,β-unsaturated/α-hetero) is 2. The number of ketones is 2. The summed E-state index contributed by atoms with van der Waals surface area (Å²) in [7, 11) is 0. The fourth-order valence-corrected chi connectivity index (χ4v) is 3.87. The Kier molecular flexibility index (Phi) is 7.36. The first-order valence-corrected chi connectivity index (χ1v) is 10.2. The molecule has 0 radical (unpaired) electrons. The molecular formula is C24H33NO3. The van der Waals surface area contributed by atoms with Gasteiger partial charge in [-0.2, -0.15) is 0 Å². The van der Waals surface area contributed by atoms with Crippen LogP contribution in [0.2, 0.25) is 0 Å². The fourth-order valence-electron chi connectivity index (χ4n) is 3.87. The van der Waals surface area contributed by atoms with Gasteiger partial charge in [0.25, 0.3) is 0 Å². The van der Waals surface area contributed by atoms with Gasteiger partial charge in [0.2, 0.25) is 5.78 Å². The van der Waals surface area contributed by atoms with E-state index < -0.39 is 17.4 Å². The van der Waals surface area contributed by atoms with Crippen molar-refractivity contribution < 1.29 is 14.7 Å². The van der Waals surface area contributed by atoms with Gasteiger partial charge in [-0.3, -0.25) is 9.59 Å². The van der Waals surface area contributed by atoms with E-state index in [4.69, 9.17) is 0 Å². The molecule has 1 aliphatic rings. The van der Waals surface area contributed by atoms with Crippen LogP contribution in [0.25, 0.3) is 0 Å². The van der Waals surface area contributed by atoms with Gasteiger partial charge in [0, 0.05) is 19.2 Å². The second kappa shape index (κ2) is 9.33. The summed E-state index contributed by atoms with van der Waals surface area (Å²) in [4.78, 5) is 27.3. The summed E-state index contributed by atoms with van der Waals surface area (Å²) in [6.07, 6.45) is 5.80. The van der Waals surface area contributed by atoms with Crippen molar-refractivity contribution >= 4 is 11.6 Å². The van der Waals surface area contributed by atoms with Crippen LogP contribution < -0.4 is 0 Å². The van der Waals surface area contributed by atoms with Crippen LogP contribution >= 0.6 is 0 Å². The highest BCUT2D eigenvalue weighted by atomic mass is 16.3. The maximum Gasteiger partial charge on any atom is 0.201 e. The Bertz CT molecular complexity index is 761. The predicted octanol–water partition coefficient (Wildman–Crippen LogP) is 4.09. The molecule has 2 rings (SSSR count). The van der Waals surface area contributed by atoms with Crippen LogP contribution in [0.4, 0.5) is 0 Å². The number of rotatable bonds is 8. The average Bonchev–Trinajstić information content (AvgIpc) is 2.68. The van der Waals surface area contributed by atoms with Crippen molar-refractivity contribution in [1.29, 1.82) is 0 Å². The van der Waals surface area contributed by atoms with Crippen molar-refractivity contribution in [3.05, 3.63) is 59.3 Å². The summed E-state index contributed by atoms with van der Waals surface area (Å²) < 4.78 is 0. The van der Waals surface area contributed by atoms with Crippen molar-refractivity contribution in [3.63, 3.8) is 0 Å². The fraction of sp³-hybridized carbons (Fsp3) is 0.500. The Morgan fingerprint density at radius 2 is 1.93 bits per heavy atom. The molecule has 4 nitrogen and oxygen atoms in total. The minimum absolute atomic E-state index is 0.105. The molecule has 1 aromatic rings. The third-order valence-corrected chi connectivity index (χ3v) is 5.61. The van der Waals surface area contributed by atoms with Gasteiger partial charge in [-0.05, 0) is 31.7 Å². The Labute approximate surface area is 168 Å². The smallest absolute Gasteiger partial charge is 0.201 e. The lowest BCUT2D eigenvalue weighted by Crippen LogP contribution is -2.59. The van der Waals surface area contributed by atoms with Gasteiger partial charge in [-0.15, -0.1) is 0 Å². The number of allylic oxidation sites excluding steroid dienone is 1. The summed E-state index contributed by atoms with van der Waals surface area (Å²) >= 11 is 0. The quantitative estimate of drug-likeness (QED) is 0.543. The number of nitrogens with zero attached hydrogens (tertiary/aromatic N) is 1. The van der Waals surface area contributed by atoms with Crippen LogP contribution in [0, 0.1) is 5.92 Å². The molecule has 0 saturated heterocycles. The monoisotopic (exact) mass is 383 g/mol. The number of carbonyl (C=O) groups is 2. The molecule has 28 heavy (non-hydrogen) atoms. The van der Waals surface area contributed by atoms with E-state index in [1.54, 1.807) is 20.0 Å². The molecule has 0 spiro atoms. The van der Waals surface area contributed by atoms with Gasteiger partial charge in [-0.25, -0.2) is 0 Å². The Hall–Kier alpha value is -2.20. The predicted molar refractivity (Wildman–Crippen MR) is 113 cm³/mol. The molecule has 152 valence electrons. The van der Waals surface area contributed by atoms with E-state index in [0.717, 1.165) is 18.4 Å². The Morgan fingerprint density at radius 1 is 1.29 bits per heavy atom. The summed E-state index contributed by atoms with van der Waals surface area (Å²) in [6, 6.07) is 9.62. The summed E-state index contributed by atoms with van der Waals surface area (Å²) in [5.41, 5.74) is 0.603. The number of hydrogen-bond donors (Lipinski definition) is 1. The van der Waals surface area contributed by atoms with Gasteiger partial charge in [-0.1, -0.05) is 69.2 Å². The van der Waals surface area contributed by atoms with Crippen molar-refractivity contribution in [3.8, 4) is 0 Å². The highest BCUT2D eigenvalue weighted by Gasteiger charge is 2.48. The topological polar surface area (TPSA) is 57.6 Å². The second-order valence-corrected chi connectivity index (χ2v) is 7.97. The molecule has 0 bridgehead atoms. The van der Waals surface area contributed by atoms with Gasteiger partial charge in [0.15, 0.2) is 5.78 Å². The van der Waals surface area contributed by atoms with Crippen LogP contribution in [-0.2, 0) is 16.0 Å². The lowest BCUT2D eigenvalue weighted by atomic mass is 9.78. The number of carbonyl (C=O) groups excluding carboxylic acids is 2. The lowest BCUT2D eigenvalue weighted by molar-refractivity contribution is -0.140. The maximum atomic E-state index is 12.9. The van der Waals surface area contributed by atoms with Gasteiger partial charge >= 0.3 is 0 Å². The van der Waals surface area contributed by atoms with E-state index in [1.165, 1.54) is 5.56 Å². The van der Waals surface area contributed by atoms with E-state index in [9.17, 15) is 14.7 Å². The zero-order valence-corrected chi connectivity index (χ0v) is 17.7. The largest absolute Gasteiger partial charge is 0.379 e. The summed E-state index contributed by atoms with van der Waals surface area (Å²) in [5.74, 6) is -0.348. The average molecular weight is 384 g/mol. The molecule has 1 heterocycles. The van der Waals surface area contributed by atoms with E-state index in [-0.39, 0.29) is 17.8 Å². The number of benzene rings is 1. The van der Waals surface area contributed by atoms with E-state index >= 15 is 0 Å². The highest BCUT2D eigenvalue weighted by Crippen LogP contribution is 2.33. The molecule has 0 amide bonds. The van der Waals surface area contributed by atoms with Crippen LogP contribution in [0.1, 0.15) is 53.0 Å². The first kappa shape index (κ1) is 22.1.